The van der Waals surface area contributed by atoms with Gasteiger partial charge < -0.3 is 14.2 Å². The van der Waals surface area contributed by atoms with Crippen LogP contribution in [-0.2, 0) is 9.47 Å². The van der Waals surface area contributed by atoms with Gasteiger partial charge in [-0.15, -0.1) is 18.7 Å². The normalized spacial score (nSPS) is 23.3. The summed E-state index contributed by atoms with van der Waals surface area (Å²) < 4.78 is 22.8. The number of halogens is 1. The van der Waals surface area contributed by atoms with Gasteiger partial charge >= 0.3 is 7.87 Å². The van der Waals surface area contributed by atoms with Crippen molar-refractivity contribution in [2.24, 2.45) is 0 Å². The molecule has 3 saturated heterocycles. The molecule has 0 unspecified atom stereocenters. The summed E-state index contributed by atoms with van der Waals surface area (Å²) in [5.74, 6) is 0. The number of rotatable bonds is 10. The van der Waals surface area contributed by atoms with E-state index in [4.69, 9.17) is 9.47 Å². The van der Waals surface area contributed by atoms with E-state index in [0.29, 0.717) is 0 Å². The smallest absolute Gasteiger partial charge is 0.308 e. The molecule has 0 N–H and O–H groups in total. The topological polar surface area (TPSA) is 31.4 Å². The van der Waals surface area contributed by atoms with Gasteiger partial charge in [0.05, 0.1) is 26.3 Å². The Labute approximate surface area is 178 Å². The molecule has 0 radical (unpaired) electrons. The first kappa shape index (κ1) is 25.4. The Kier molecular flexibility index (Phi) is 11.8. The van der Waals surface area contributed by atoms with Crippen molar-refractivity contribution in [1.29, 1.82) is 0 Å². The summed E-state index contributed by atoms with van der Waals surface area (Å²) in [5, 5.41) is 0. The third-order valence-electron chi connectivity index (χ3n) is 6.62. The number of ether oxygens (including phenoxy) is 2. The van der Waals surface area contributed by atoms with Crippen molar-refractivity contribution in [2.45, 2.75) is 57.8 Å². The van der Waals surface area contributed by atoms with Gasteiger partial charge in [-0.1, -0.05) is 19.3 Å². The van der Waals surface area contributed by atoms with E-state index in [0.717, 1.165) is 26.3 Å². The third-order valence-corrected chi connectivity index (χ3v) is 11.3. The van der Waals surface area contributed by atoms with Gasteiger partial charge in [0.15, 0.2) is 0 Å². The van der Waals surface area contributed by atoms with Crippen LogP contribution in [0.5, 0.6) is 0 Å². The minimum atomic E-state index is -1.72. The highest BCUT2D eigenvalue weighted by molar-refractivity contribution is 7.66. The highest BCUT2D eigenvalue weighted by Gasteiger charge is 2.61. The number of hydrogen-bond donors (Lipinski definition) is 0. The van der Waals surface area contributed by atoms with Crippen LogP contribution >= 0.6 is 7.87 Å². The zero-order valence-electron chi connectivity index (χ0n) is 18.9. The molecular weight excluding hydrogens is 390 g/mol. The van der Waals surface area contributed by atoms with Gasteiger partial charge in [0.25, 0.3) is 0 Å². The van der Waals surface area contributed by atoms with Crippen molar-refractivity contribution < 1.29 is 14.2 Å². The fourth-order valence-electron chi connectivity index (χ4n) is 5.28. The Morgan fingerprint density at radius 1 is 0.586 bits per heavy atom. The van der Waals surface area contributed by atoms with E-state index in [2.05, 4.69) is 18.7 Å². The Bertz CT molecular complexity index is 377. The second kappa shape index (κ2) is 13.5. The van der Waals surface area contributed by atoms with Crippen LogP contribution in [0.3, 0.4) is 0 Å². The van der Waals surface area contributed by atoms with E-state index in [9.17, 15) is 0 Å². The quantitative estimate of drug-likeness (QED) is 0.471. The molecule has 29 heavy (non-hydrogen) atoms. The number of piperidine rings is 3. The first-order valence-electron chi connectivity index (χ1n) is 11.7. The Hall–Kier alpha value is 0.120. The van der Waals surface area contributed by atoms with Crippen molar-refractivity contribution in [2.75, 3.05) is 79.8 Å². The Morgan fingerprint density at radius 3 is 1.17 bits per heavy atom. The molecule has 3 aliphatic heterocycles. The summed E-state index contributed by atoms with van der Waals surface area (Å²) in [6.07, 6.45) is 12.3. The van der Waals surface area contributed by atoms with Crippen molar-refractivity contribution >= 4 is 7.87 Å². The molecule has 0 aromatic heterocycles. The molecule has 8 heteroatoms. The van der Waals surface area contributed by atoms with E-state index < -0.39 is 7.87 Å². The highest BCUT2D eigenvalue weighted by Crippen LogP contribution is 2.71. The van der Waals surface area contributed by atoms with E-state index in [1.165, 1.54) is 97.1 Å². The summed E-state index contributed by atoms with van der Waals surface area (Å²) in [6, 6.07) is 0. The van der Waals surface area contributed by atoms with E-state index in [-0.39, 0.29) is 4.70 Å². The highest BCUT2D eigenvalue weighted by atomic mass is 31.2. The van der Waals surface area contributed by atoms with Gasteiger partial charge in [0.2, 0.25) is 0 Å². The molecule has 6 nitrogen and oxygen atoms in total. The van der Waals surface area contributed by atoms with Crippen LogP contribution in [0.4, 0.5) is 0 Å². The van der Waals surface area contributed by atoms with Crippen LogP contribution in [0.15, 0.2) is 0 Å². The number of hydrogen-bond acceptors (Lipinski definition) is 6. The van der Waals surface area contributed by atoms with Gasteiger partial charge in [-0.25, -0.2) is 0 Å². The second-order valence-electron chi connectivity index (χ2n) is 8.52. The van der Waals surface area contributed by atoms with Crippen molar-refractivity contribution in [3.63, 3.8) is 0 Å². The fraction of sp³-hybridized carbons (Fsp3) is 1.00. The monoisotopic (exact) mass is 434 g/mol. The molecule has 0 spiro atoms. The maximum Gasteiger partial charge on any atom is 0.308 e. The zero-order chi connectivity index (χ0) is 19.7. The first-order chi connectivity index (χ1) is 13.8. The van der Waals surface area contributed by atoms with Gasteiger partial charge in [-0.3, -0.25) is 0 Å². The van der Waals surface area contributed by atoms with Crippen LogP contribution in [0.25, 0.3) is 0 Å². The molecule has 0 aliphatic carbocycles. The average Bonchev–Trinajstić information content (AvgIpc) is 2.78. The maximum atomic E-state index is 5.59. The van der Waals surface area contributed by atoms with Crippen LogP contribution < -0.4 is 4.70 Å². The first-order valence-corrected chi connectivity index (χ1v) is 13.3. The van der Waals surface area contributed by atoms with Gasteiger partial charge in [-0.2, -0.15) is 0 Å². The van der Waals surface area contributed by atoms with Crippen molar-refractivity contribution in [1.82, 2.24) is 18.7 Å². The molecule has 3 aliphatic rings. The van der Waals surface area contributed by atoms with Gasteiger partial charge in [-0.05, 0) is 38.5 Å². The van der Waals surface area contributed by atoms with Gasteiger partial charge in [0.1, 0.15) is 0 Å². The molecular formula is C21H44FN4O2P. The summed E-state index contributed by atoms with van der Waals surface area (Å²) in [5.41, 5.74) is 0. The number of methoxy groups -OCH3 is 2. The molecule has 0 amide bonds. The lowest BCUT2D eigenvalue weighted by Gasteiger charge is -2.53. The zero-order valence-corrected chi connectivity index (χ0v) is 19.8. The largest absolute Gasteiger partial charge is 1.00 e. The molecule has 3 fully saturated rings. The molecule has 172 valence electrons. The van der Waals surface area contributed by atoms with Crippen LogP contribution in [-0.4, -0.2) is 98.5 Å². The van der Waals surface area contributed by atoms with Crippen molar-refractivity contribution in [3.8, 4) is 0 Å². The van der Waals surface area contributed by atoms with Crippen molar-refractivity contribution in [3.05, 3.63) is 0 Å². The molecule has 0 saturated carbocycles. The Morgan fingerprint density at radius 2 is 0.897 bits per heavy atom. The number of nitrogens with zero attached hydrogens (tertiary/aromatic N) is 4. The molecule has 0 atom stereocenters. The lowest BCUT2D eigenvalue weighted by molar-refractivity contribution is -0.00000690. The summed E-state index contributed by atoms with van der Waals surface area (Å²) >= 11 is 0. The Balaban J connectivity index is 0.00000300. The predicted molar refractivity (Wildman–Crippen MR) is 119 cm³/mol. The minimum Gasteiger partial charge on any atom is -1.00 e. The predicted octanol–water partition coefficient (Wildman–Crippen LogP) is 0.721. The lowest BCUT2D eigenvalue weighted by atomic mass is 10.2. The van der Waals surface area contributed by atoms with Crippen LogP contribution in [0.1, 0.15) is 57.8 Å². The average molecular weight is 435 g/mol. The van der Waals surface area contributed by atoms with E-state index >= 15 is 0 Å². The molecule has 3 heterocycles. The van der Waals surface area contributed by atoms with E-state index in [1.807, 2.05) is 14.2 Å². The SMILES string of the molecule is COCCN(CCOC)[P+](N1CCCCC1)(N1CCCCC1)N1CCCCC1.[F-]. The summed E-state index contributed by atoms with van der Waals surface area (Å²) in [4.78, 5) is 0. The molecule has 0 aromatic rings. The second-order valence-corrected chi connectivity index (χ2v) is 11.9. The summed E-state index contributed by atoms with van der Waals surface area (Å²) in [6.45, 7) is 11.2. The van der Waals surface area contributed by atoms with Crippen LogP contribution in [0, 0.1) is 0 Å². The lowest BCUT2D eigenvalue weighted by Crippen LogP contribution is -3.00. The molecule has 0 bridgehead atoms. The van der Waals surface area contributed by atoms with Gasteiger partial charge in [0, 0.05) is 53.5 Å². The fourth-order valence-corrected chi connectivity index (χ4v) is 10.6. The third kappa shape index (κ3) is 6.09. The van der Waals surface area contributed by atoms with E-state index in [1.54, 1.807) is 0 Å². The summed E-state index contributed by atoms with van der Waals surface area (Å²) in [7, 11) is 1.97. The maximum absolute atomic E-state index is 5.59. The minimum absolute atomic E-state index is 0. The van der Waals surface area contributed by atoms with Crippen LogP contribution in [0.2, 0.25) is 0 Å². The standard InChI is InChI=1S/C21H44N4O2P.FH/c1-26-20-18-25(19-21-27-2)28(22-12-6-3-7-13-22,23-14-8-4-9-15-23)24-16-10-5-11-17-24;/h3-21H2,1-2H3;1H/q+1;/p-1. The molecule has 0 aromatic carbocycles. The molecule has 3 rings (SSSR count).